The highest BCUT2D eigenvalue weighted by Crippen LogP contribution is 2.29. The number of H-pyrrole nitrogens is 1. The van der Waals surface area contributed by atoms with Crippen molar-refractivity contribution in [3.63, 3.8) is 0 Å². The van der Waals surface area contributed by atoms with Crippen molar-refractivity contribution in [3.8, 4) is 11.5 Å². The highest BCUT2D eigenvalue weighted by atomic mass is 16.5. The minimum absolute atomic E-state index is 0.124. The molecule has 1 aromatic heterocycles. The molecule has 1 fully saturated rings. The van der Waals surface area contributed by atoms with Crippen LogP contribution in [-0.2, 0) is 17.8 Å². The number of nitrogens with zero attached hydrogens (tertiary/aromatic N) is 2. The van der Waals surface area contributed by atoms with Gasteiger partial charge >= 0.3 is 0 Å². The van der Waals surface area contributed by atoms with E-state index >= 15 is 0 Å². The van der Waals surface area contributed by atoms with Gasteiger partial charge < -0.3 is 25.3 Å². The number of aromatic amines is 1. The third-order valence-electron chi connectivity index (χ3n) is 6.38. The Labute approximate surface area is 216 Å². The lowest BCUT2D eigenvalue weighted by molar-refractivity contribution is -0.133. The van der Waals surface area contributed by atoms with Crippen LogP contribution < -0.4 is 15.4 Å². The lowest BCUT2D eigenvalue weighted by atomic mass is 10.1. The van der Waals surface area contributed by atoms with Gasteiger partial charge in [0.05, 0.1) is 12.0 Å². The summed E-state index contributed by atoms with van der Waals surface area (Å²) in [4.78, 5) is 46.5. The van der Waals surface area contributed by atoms with Gasteiger partial charge in [0, 0.05) is 61.4 Å². The second-order valence-corrected chi connectivity index (χ2v) is 9.06. The Balaban J connectivity index is 1.51. The number of rotatable bonds is 10. The van der Waals surface area contributed by atoms with Crippen molar-refractivity contribution in [2.45, 2.75) is 46.1 Å². The molecule has 1 aliphatic heterocycles. The van der Waals surface area contributed by atoms with Crippen LogP contribution in [0.5, 0.6) is 11.5 Å². The van der Waals surface area contributed by atoms with Crippen LogP contribution in [0.1, 0.15) is 63.9 Å². The zero-order chi connectivity index (χ0) is 26.2. The zero-order valence-corrected chi connectivity index (χ0v) is 21.3. The fourth-order valence-corrected chi connectivity index (χ4v) is 4.26. The molecule has 9 heteroatoms. The molecule has 4 rings (SSSR count). The van der Waals surface area contributed by atoms with Crippen molar-refractivity contribution in [3.05, 3.63) is 76.9 Å². The predicted octanol–water partition coefficient (Wildman–Crippen LogP) is 3.75. The number of benzene rings is 2. The van der Waals surface area contributed by atoms with Gasteiger partial charge in [0.1, 0.15) is 11.5 Å². The van der Waals surface area contributed by atoms with E-state index in [2.05, 4.69) is 20.6 Å². The van der Waals surface area contributed by atoms with Crippen LogP contribution in [0.2, 0.25) is 0 Å². The number of nitrogens with one attached hydrogen (secondary N) is 3. The Morgan fingerprint density at radius 1 is 1.05 bits per heavy atom. The summed E-state index contributed by atoms with van der Waals surface area (Å²) in [6.07, 6.45) is 4.70. The first-order valence-electron chi connectivity index (χ1n) is 12.7. The fraction of sp³-hybridized carbons (Fsp3) is 0.357. The molecule has 0 saturated carbocycles. The van der Waals surface area contributed by atoms with Crippen molar-refractivity contribution >= 4 is 17.7 Å². The summed E-state index contributed by atoms with van der Waals surface area (Å²) in [5.41, 5.74) is 3.71. The number of hydrogen-bond donors (Lipinski definition) is 3. The first-order chi connectivity index (χ1) is 17.9. The van der Waals surface area contributed by atoms with Crippen molar-refractivity contribution in [2.75, 3.05) is 19.6 Å². The SMILES string of the molecule is CCNC(=O)c1ccc(Oc2cc(C(=O)NCCc3nc[nH]c3C)ccc2CN2CCCCC2=O)cc1. The number of ether oxygens (including phenoxy) is 1. The molecular weight excluding hydrogens is 470 g/mol. The quantitative estimate of drug-likeness (QED) is 0.390. The Morgan fingerprint density at radius 3 is 2.51 bits per heavy atom. The summed E-state index contributed by atoms with van der Waals surface area (Å²) in [7, 11) is 0. The molecule has 2 aromatic carbocycles. The van der Waals surface area contributed by atoms with Gasteiger partial charge in [-0.3, -0.25) is 14.4 Å². The standard InChI is InChI=1S/C28H33N5O4/c1-3-29-27(35)20-9-11-23(12-10-20)37-25-16-21(28(36)30-14-13-24-19(2)31-18-32-24)7-8-22(25)17-33-15-5-4-6-26(33)34/h7-12,16,18H,3-6,13-15,17H2,1-2H3,(H,29,35)(H,30,36)(H,31,32). The van der Waals surface area contributed by atoms with Crippen LogP contribution in [0.3, 0.4) is 0 Å². The molecule has 1 saturated heterocycles. The van der Waals surface area contributed by atoms with Crippen molar-refractivity contribution < 1.29 is 19.1 Å². The van der Waals surface area contributed by atoms with Crippen molar-refractivity contribution in [1.82, 2.24) is 25.5 Å². The zero-order valence-electron chi connectivity index (χ0n) is 21.3. The van der Waals surface area contributed by atoms with Gasteiger partial charge in [-0.1, -0.05) is 6.07 Å². The van der Waals surface area contributed by atoms with Crippen LogP contribution in [0.4, 0.5) is 0 Å². The van der Waals surface area contributed by atoms with Crippen LogP contribution in [-0.4, -0.2) is 52.2 Å². The molecule has 37 heavy (non-hydrogen) atoms. The molecule has 3 N–H and O–H groups in total. The summed E-state index contributed by atoms with van der Waals surface area (Å²) < 4.78 is 6.19. The molecule has 0 spiro atoms. The van der Waals surface area contributed by atoms with E-state index in [1.807, 2.05) is 24.8 Å². The lowest BCUT2D eigenvalue weighted by Gasteiger charge is -2.27. The molecule has 0 atom stereocenters. The van der Waals surface area contributed by atoms with E-state index in [-0.39, 0.29) is 17.7 Å². The summed E-state index contributed by atoms with van der Waals surface area (Å²) in [6.45, 7) is 5.92. The number of aromatic nitrogens is 2. The van der Waals surface area contributed by atoms with E-state index in [0.29, 0.717) is 61.6 Å². The molecule has 0 radical (unpaired) electrons. The van der Waals surface area contributed by atoms with E-state index in [9.17, 15) is 14.4 Å². The molecule has 1 aliphatic rings. The minimum atomic E-state index is -0.217. The topological polar surface area (TPSA) is 116 Å². The second-order valence-electron chi connectivity index (χ2n) is 9.06. The molecule has 2 heterocycles. The van der Waals surface area contributed by atoms with Gasteiger partial charge in [-0.05, 0) is 63.1 Å². The Hall–Kier alpha value is -4.14. The Kier molecular flexibility index (Phi) is 8.56. The summed E-state index contributed by atoms with van der Waals surface area (Å²) >= 11 is 0. The Bertz CT molecular complexity index is 1250. The average Bonchev–Trinajstić information content (AvgIpc) is 3.31. The highest BCUT2D eigenvalue weighted by Gasteiger charge is 2.21. The maximum Gasteiger partial charge on any atom is 0.251 e. The summed E-state index contributed by atoms with van der Waals surface area (Å²) in [5, 5.41) is 5.71. The van der Waals surface area contributed by atoms with E-state index in [0.717, 1.165) is 29.8 Å². The average molecular weight is 504 g/mol. The van der Waals surface area contributed by atoms with Gasteiger partial charge in [0.15, 0.2) is 0 Å². The molecular formula is C28H33N5O4. The maximum absolute atomic E-state index is 12.9. The van der Waals surface area contributed by atoms with Gasteiger partial charge in [0.25, 0.3) is 11.8 Å². The number of aryl methyl sites for hydroxylation is 1. The first-order valence-corrected chi connectivity index (χ1v) is 12.7. The summed E-state index contributed by atoms with van der Waals surface area (Å²) in [5.74, 6) is 0.789. The third-order valence-corrected chi connectivity index (χ3v) is 6.38. The van der Waals surface area contributed by atoms with Gasteiger partial charge in [-0.2, -0.15) is 0 Å². The number of likely N-dealkylation sites (tertiary alicyclic amines) is 1. The highest BCUT2D eigenvalue weighted by molar-refractivity contribution is 5.95. The molecule has 0 aliphatic carbocycles. The normalized spacial score (nSPS) is 13.4. The van der Waals surface area contributed by atoms with Crippen molar-refractivity contribution in [2.24, 2.45) is 0 Å². The number of carbonyl (C=O) groups excluding carboxylic acids is 3. The summed E-state index contributed by atoms with van der Waals surface area (Å²) in [6, 6.07) is 12.1. The van der Waals surface area contributed by atoms with Crippen LogP contribution in [0.25, 0.3) is 0 Å². The number of amides is 3. The minimum Gasteiger partial charge on any atom is -0.457 e. The molecule has 0 bridgehead atoms. The Morgan fingerprint density at radius 2 is 1.81 bits per heavy atom. The smallest absolute Gasteiger partial charge is 0.251 e. The molecule has 194 valence electrons. The number of piperidine rings is 1. The van der Waals surface area contributed by atoms with E-state index in [1.54, 1.807) is 42.7 Å². The van der Waals surface area contributed by atoms with Crippen LogP contribution in [0.15, 0.2) is 48.8 Å². The van der Waals surface area contributed by atoms with Gasteiger partial charge in [-0.25, -0.2) is 4.98 Å². The molecule has 0 unspecified atom stereocenters. The van der Waals surface area contributed by atoms with Gasteiger partial charge in [0.2, 0.25) is 5.91 Å². The first kappa shape index (κ1) is 25.9. The predicted molar refractivity (Wildman–Crippen MR) is 140 cm³/mol. The maximum atomic E-state index is 12.9. The lowest BCUT2D eigenvalue weighted by Crippen LogP contribution is -2.34. The largest absolute Gasteiger partial charge is 0.457 e. The van der Waals surface area contributed by atoms with Crippen LogP contribution >= 0.6 is 0 Å². The number of imidazole rings is 1. The number of hydrogen-bond acceptors (Lipinski definition) is 5. The van der Waals surface area contributed by atoms with Crippen molar-refractivity contribution in [1.29, 1.82) is 0 Å². The van der Waals surface area contributed by atoms with Crippen LogP contribution in [0, 0.1) is 6.92 Å². The fourth-order valence-electron chi connectivity index (χ4n) is 4.26. The number of carbonyl (C=O) groups is 3. The monoisotopic (exact) mass is 503 g/mol. The molecule has 3 aromatic rings. The molecule has 3 amide bonds. The van der Waals surface area contributed by atoms with Gasteiger partial charge in [-0.15, -0.1) is 0 Å². The van der Waals surface area contributed by atoms with E-state index in [1.165, 1.54) is 0 Å². The third kappa shape index (κ3) is 6.75. The van der Waals surface area contributed by atoms with E-state index < -0.39 is 0 Å². The molecule has 9 nitrogen and oxygen atoms in total. The van der Waals surface area contributed by atoms with E-state index in [4.69, 9.17) is 4.74 Å². The second kappa shape index (κ2) is 12.2.